The van der Waals surface area contributed by atoms with Crippen molar-refractivity contribution in [3.05, 3.63) is 24.3 Å². The van der Waals surface area contributed by atoms with E-state index >= 15 is 0 Å². The number of ether oxygens (including phenoxy) is 1. The second-order valence-corrected chi connectivity index (χ2v) is 11.9. The molecule has 0 atom stereocenters. The number of rotatable bonds is 8. The minimum absolute atomic E-state index is 0.0984. The molecule has 32 heavy (non-hydrogen) atoms. The third kappa shape index (κ3) is 5.84. The van der Waals surface area contributed by atoms with E-state index in [0.717, 1.165) is 18.8 Å². The van der Waals surface area contributed by atoms with Gasteiger partial charge < -0.3 is 10.1 Å². The van der Waals surface area contributed by atoms with Gasteiger partial charge in [0.2, 0.25) is 15.9 Å². The lowest BCUT2D eigenvalue weighted by Crippen LogP contribution is -2.46. The van der Waals surface area contributed by atoms with Crippen molar-refractivity contribution in [2.24, 2.45) is 17.3 Å². The zero-order chi connectivity index (χ0) is 23.4. The summed E-state index contributed by atoms with van der Waals surface area (Å²) in [6.45, 7) is 10.2. The fourth-order valence-electron chi connectivity index (χ4n) is 5.01. The number of amides is 1. The van der Waals surface area contributed by atoms with Gasteiger partial charge in [-0.1, -0.05) is 27.2 Å². The molecule has 0 aromatic heterocycles. The molecule has 6 nitrogen and oxygen atoms in total. The van der Waals surface area contributed by atoms with Crippen molar-refractivity contribution in [2.75, 3.05) is 19.7 Å². The normalized spacial score (nSPS) is 23.6. The van der Waals surface area contributed by atoms with Crippen LogP contribution in [0.2, 0.25) is 0 Å². The van der Waals surface area contributed by atoms with E-state index in [1.807, 2.05) is 6.92 Å². The smallest absolute Gasteiger partial charge is 0.243 e. The van der Waals surface area contributed by atoms with Crippen molar-refractivity contribution >= 4 is 15.9 Å². The Balaban J connectivity index is 1.48. The van der Waals surface area contributed by atoms with E-state index in [4.69, 9.17) is 4.74 Å². The zero-order valence-corrected chi connectivity index (χ0v) is 20.9. The minimum Gasteiger partial charge on any atom is -0.494 e. The number of carbonyl (C=O) groups is 1. The number of benzene rings is 1. The second kappa shape index (κ2) is 10.6. The van der Waals surface area contributed by atoms with E-state index in [0.29, 0.717) is 43.7 Å². The number of hydrogen-bond donors (Lipinski definition) is 1. The van der Waals surface area contributed by atoms with Crippen molar-refractivity contribution in [2.45, 2.75) is 83.6 Å². The second-order valence-electron chi connectivity index (χ2n) is 9.98. The highest BCUT2D eigenvalue weighted by Crippen LogP contribution is 2.40. The quantitative estimate of drug-likeness (QED) is 0.610. The molecule has 0 bridgehead atoms. The fraction of sp³-hybridized carbons (Fsp3) is 0.720. The maximum atomic E-state index is 13.0. The lowest BCUT2D eigenvalue weighted by atomic mass is 9.69. The van der Waals surface area contributed by atoms with Crippen LogP contribution in [-0.4, -0.2) is 44.4 Å². The number of carbonyl (C=O) groups excluding carboxylic acids is 1. The Hall–Kier alpha value is -1.60. The SMILES string of the molecule is CCOc1ccc(S(=O)(=O)N2CCC(C(=O)NC3CCC(C(C)(C)CC)CC3)CC2)cc1. The van der Waals surface area contributed by atoms with Crippen LogP contribution in [0.15, 0.2) is 29.2 Å². The number of nitrogens with zero attached hydrogens (tertiary/aromatic N) is 1. The molecule has 0 unspecified atom stereocenters. The Morgan fingerprint density at radius 2 is 1.62 bits per heavy atom. The zero-order valence-electron chi connectivity index (χ0n) is 20.1. The van der Waals surface area contributed by atoms with Gasteiger partial charge in [0.05, 0.1) is 11.5 Å². The van der Waals surface area contributed by atoms with E-state index < -0.39 is 10.0 Å². The van der Waals surface area contributed by atoms with Gasteiger partial charge in [0.15, 0.2) is 0 Å². The lowest BCUT2D eigenvalue weighted by Gasteiger charge is -2.39. The predicted octanol–water partition coefficient (Wildman–Crippen LogP) is 4.60. The highest BCUT2D eigenvalue weighted by molar-refractivity contribution is 7.89. The summed E-state index contributed by atoms with van der Waals surface area (Å²) in [6, 6.07) is 6.82. The van der Waals surface area contributed by atoms with Crippen LogP contribution >= 0.6 is 0 Å². The first kappa shape index (κ1) is 25.0. The molecule has 2 aliphatic rings. The summed E-state index contributed by atoms with van der Waals surface area (Å²) in [5, 5.41) is 3.26. The van der Waals surface area contributed by atoms with Crippen LogP contribution in [0.3, 0.4) is 0 Å². The van der Waals surface area contributed by atoms with E-state index in [1.165, 1.54) is 23.6 Å². The molecule has 1 heterocycles. The first-order valence-electron chi connectivity index (χ1n) is 12.2. The van der Waals surface area contributed by atoms with Crippen LogP contribution in [0.1, 0.15) is 72.6 Å². The molecule has 1 saturated heterocycles. The van der Waals surface area contributed by atoms with E-state index in [-0.39, 0.29) is 22.8 Å². The van der Waals surface area contributed by atoms with E-state index in [9.17, 15) is 13.2 Å². The Kier molecular flexibility index (Phi) is 8.26. The van der Waals surface area contributed by atoms with E-state index in [1.54, 1.807) is 24.3 Å². The molecule has 0 spiro atoms. The molecule has 1 aliphatic carbocycles. The molecular formula is C25H40N2O4S. The molecule has 3 rings (SSSR count). The average Bonchev–Trinajstić information content (AvgIpc) is 2.80. The highest BCUT2D eigenvalue weighted by atomic mass is 32.2. The fourth-order valence-corrected chi connectivity index (χ4v) is 6.48. The van der Waals surface area contributed by atoms with Crippen molar-refractivity contribution < 1.29 is 17.9 Å². The first-order chi connectivity index (χ1) is 15.2. The number of sulfonamides is 1. The molecule has 1 saturated carbocycles. The molecule has 1 amide bonds. The van der Waals surface area contributed by atoms with Gasteiger partial charge in [-0.25, -0.2) is 8.42 Å². The molecule has 1 N–H and O–H groups in total. The highest BCUT2D eigenvalue weighted by Gasteiger charge is 2.35. The number of nitrogens with one attached hydrogen (secondary N) is 1. The first-order valence-corrected chi connectivity index (χ1v) is 13.6. The van der Waals surface area contributed by atoms with Crippen LogP contribution in [-0.2, 0) is 14.8 Å². The molecule has 180 valence electrons. The van der Waals surface area contributed by atoms with Crippen LogP contribution in [0.5, 0.6) is 5.75 Å². The average molecular weight is 465 g/mol. The molecule has 2 fully saturated rings. The van der Waals surface area contributed by atoms with Crippen LogP contribution in [0, 0.1) is 17.3 Å². The maximum Gasteiger partial charge on any atom is 0.243 e. The Labute approximate surface area is 194 Å². The molecule has 1 aliphatic heterocycles. The monoisotopic (exact) mass is 464 g/mol. The van der Waals surface area contributed by atoms with Crippen molar-refractivity contribution in [1.29, 1.82) is 0 Å². The van der Waals surface area contributed by atoms with Crippen LogP contribution < -0.4 is 10.1 Å². The Morgan fingerprint density at radius 3 is 2.16 bits per heavy atom. The van der Waals surface area contributed by atoms with Crippen LogP contribution in [0.25, 0.3) is 0 Å². The molecule has 0 radical (unpaired) electrons. The van der Waals surface area contributed by atoms with Gasteiger partial charge in [0.25, 0.3) is 0 Å². The largest absolute Gasteiger partial charge is 0.494 e. The topological polar surface area (TPSA) is 75.7 Å². The summed E-state index contributed by atoms with van der Waals surface area (Å²) in [5.41, 5.74) is 0.372. The molecule has 7 heteroatoms. The van der Waals surface area contributed by atoms with Crippen molar-refractivity contribution in [3.8, 4) is 5.75 Å². The van der Waals surface area contributed by atoms with Gasteiger partial charge in [-0.3, -0.25) is 4.79 Å². The molecule has 1 aromatic rings. The number of hydrogen-bond acceptors (Lipinski definition) is 4. The van der Waals surface area contributed by atoms with Gasteiger partial charge >= 0.3 is 0 Å². The third-order valence-corrected chi connectivity index (χ3v) is 9.60. The van der Waals surface area contributed by atoms with Crippen LogP contribution in [0.4, 0.5) is 0 Å². The van der Waals surface area contributed by atoms with E-state index in [2.05, 4.69) is 26.1 Å². The molecular weight excluding hydrogens is 424 g/mol. The third-order valence-electron chi connectivity index (χ3n) is 7.69. The van der Waals surface area contributed by atoms with Gasteiger partial charge in [0.1, 0.15) is 5.75 Å². The number of piperidine rings is 1. The summed E-state index contributed by atoms with van der Waals surface area (Å²) in [4.78, 5) is 13.1. The predicted molar refractivity (Wildman–Crippen MR) is 127 cm³/mol. The lowest BCUT2D eigenvalue weighted by molar-refractivity contribution is -0.127. The summed E-state index contributed by atoms with van der Waals surface area (Å²) in [7, 11) is -3.55. The van der Waals surface area contributed by atoms with Gasteiger partial charge in [0, 0.05) is 25.0 Å². The standard InChI is InChI=1S/C25H40N2O4S/c1-5-25(3,4)20-7-9-21(10-8-20)26-24(28)19-15-17-27(18-16-19)32(29,30)23-13-11-22(12-14-23)31-6-2/h11-14,19-21H,5-10,15-18H2,1-4H3,(H,26,28). The van der Waals surface area contributed by atoms with Crippen molar-refractivity contribution in [3.63, 3.8) is 0 Å². The minimum atomic E-state index is -3.55. The van der Waals surface area contributed by atoms with Gasteiger partial charge in [-0.05, 0) is 81.0 Å². The Morgan fingerprint density at radius 1 is 1.03 bits per heavy atom. The van der Waals surface area contributed by atoms with Crippen molar-refractivity contribution in [1.82, 2.24) is 9.62 Å². The maximum absolute atomic E-state index is 13.0. The summed E-state index contributed by atoms with van der Waals surface area (Å²) in [6.07, 6.45) is 6.76. The Bertz CT molecular complexity index is 850. The van der Waals surface area contributed by atoms with Gasteiger partial charge in [-0.2, -0.15) is 4.31 Å². The summed E-state index contributed by atoms with van der Waals surface area (Å²) < 4.78 is 32.8. The summed E-state index contributed by atoms with van der Waals surface area (Å²) in [5.74, 6) is 1.39. The molecule has 1 aromatic carbocycles. The summed E-state index contributed by atoms with van der Waals surface area (Å²) >= 11 is 0. The van der Waals surface area contributed by atoms with Gasteiger partial charge in [-0.15, -0.1) is 0 Å².